The molecule has 3 heterocycles. The number of anilines is 1. The van der Waals surface area contributed by atoms with Crippen molar-refractivity contribution in [2.45, 2.75) is 32.7 Å². The van der Waals surface area contributed by atoms with Gasteiger partial charge in [-0.15, -0.1) is 0 Å². The van der Waals surface area contributed by atoms with Gasteiger partial charge in [0.2, 0.25) is 17.7 Å². The van der Waals surface area contributed by atoms with E-state index in [1.54, 1.807) is 17.9 Å². The predicted octanol–water partition coefficient (Wildman–Crippen LogP) is 1.81. The minimum atomic E-state index is -0.112. The number of ether oxygens (including phenoxy) is 1. The third-order valence-corrected chi connectivity index (χ3v) is 4.34. The molecular formula is C16H23N5O3. The largest absolute Gasteiger partial charge is 0.481 e. The van der Waals surface area contributed by atoms with Crippen LogP contribution in [0.5, 0.6) is 5.88 Å². The van der Waals surface area contributed by atoms with Gasteiger partial charge in [-0.3, -0.25) is 15.0 Å². The highest BCUT2D eigenvalue weighted by Crippen LogP contribution is 2.38. The highest BCUT2D eigenvalue weighted by atomic mass is 16.5. The van der Waals surface area contributed by atoms with E-state index in [0.29, 0.717) is 12.4 Å². The lowest BCUT2D eigenvalue weighted by molar-refractivity contribution is -0.117. The van der Waals surface area contributed by atoms with Crippen molar-refractivity contribution in [2.24, 2.45) is 7.05 Å². The van der Waals surface area contributed by atoms with Crippen molar-refractivity contribution in [3.63, 3.8) is 0 Å². The van der Waals surface area contributed by atoms with Crippen LogP contribution < -0.4 is 10.1 Å². The molecule has 24 heavy (non-hydrogen) atoms. The second-order valence-electron chi connectivity index (χ2n) is 6.14. The number of aromatic nitrogens is 3. The minimum absolute atomic E-state index is 0.112. The van der Waals surface area contributed by atoms with Gasteiger partial charge in [0.25, 0.3) is 0 Å². The average Bonchev–Trinajstić information content (AvgIpc) is 3.19. The molecule has 2 aromatic heterocycles. The molecule has 2 aromatic rings. The molecule has 8 heteroatoms. The molecule has 1 amide bonds. The molecule has 130 valence electrons. The Kier molecular flexibility index (Phi) is 4.57. The van der Waals surface area contributed by atoms with Crippen LogP contribution in [-0.2, 0) is 11.8 Å². The number of aryl methyl sites for hydroxylation is 3. The smallest absolute Gasteiger partial charge is 0.240 e. The van der Waals surface area contributed by atoms with Crippen molar-refractivity contribution in [3.8, 4) is 5.88 Å². The quantitative estimate of drug-likeness (QED) is 0.898. The van der Waals surface area contributed by atoms with Gasteiger partial charge in [0.05, 0.1) is 30.6 Å². The summed E-state index contributed by atoms with van der Waals surface area (Å²) in [5.41, 5.74) is 2.75. The number of nitrogens with one attached hydrogen (secondary N) is 1. The van der Waals surface area contributed by atoms with E-state index >= 15 is 0 Å². The first-order valence-electron chi connectivity index (χ1n) is 8.04. The third-order valence-electron chi connectivity index (χ3n) is 4.34. The maximum Gasteiger partial charge on any atom is 0.240 e. The molecule has 1 atom stereocenters. The molecule has 1 N–H and O–H groups in total. The topological polar surface area (TPSA) is 85.4 Å². The number of rotatable bonds is 5. The number of methoxy groups -OCH3 is 1. The molecular weight excluding hydrogens is 310 g/mol. The van der Waals surface area contributed by atoms with Gasteiger partial charge >= 0.3 is 0 Å². The first kappa shape index (κ1) is 16.5. The molecule has 0 aromatic carbocycles. The van der Waals surface area contributed by atoms with E-state index < -0.39 is 0 Å². The van der Waals surface area contributed by atoms with E-state index in [-0.39, 0.29) is 11.9 Å². The van der Waals surface area contributed by atoms with Crippen molar-refractivity contribution in [2.75, 3.05) is 25.5 Å². The molecule has 0 saturated carbocycles. The standard InChI is InChI=1S/C16H23N5O3/c1-10-8-14(24-19-10)17-13(22)9-21-7-5-6-12(21)15-11(2)18-20(3)16(15)23-4/h8,12H,5-7,9H2,1-4H3,(H,17,22)/t12-/m0/s1. The molecule has 0 spiro atoms. The number of carbonyl (C=O) groups is 1. The van der Waals surface area contributed by atoms with E-state index in [1.807, 2.05) is 20.9 Å². The Morgan fingerprint density at radius 1 is 1.50 bits per heavy atom. The SMILES string of the molecule is COc1c([C@@H]2CCCN2CC(=O)Nc2cc(C)no2)c(C)nn1C. The Labute approximate surface area is 140 Å². The molecule has 1 aliphatic rings. The van der Waals surface area contributed by atoms with Crippen LogP contribution in [0.3, 0.4) is 0 Å². The lowest BCUT2D eigenvalue weighted by Crippen LogP contribution is -2.33. The summed E-state index contributed by atoms with van der Waals surface area (Å²) in [4.78, 5) is 14.5. The first-order valence-corrected chi connectivity index (χ1v) is 8.04. The predicted molar refractivity (Wildman–Crippen MR) is 87.9 cm³/mol. The number of nitrogens with zero attached hydrogens (tertiary/aromatic N) is 4. The monoisotopic (exact) mass is 333 g/mol. The maximum absolute atomic E-state index is 12.3. The van der Waals surface area contributed by atoms with Gasteiger partial charge in [0.15, 0.2) is 0 Å². The van der Waals surface area contributed by atoms with Crippen molar-refractivity contribution in [3.05, 3.63) is 23.0 Å². The summed E-state index contributed by atoms with van der Waals surface area (Å²) in [7, 11) is 3.52. The summed E-state index contributed by atoms with van der Waals surface area (Å²) in [6.07, 6.45) is 2.02. The first-order chi connectivity index (χ1) is 11.5. The summed E-state index contributed by atoms with van der Waals surface area (Å²) in [5.74, 6) is 1.03. The molecule has 8 nitrogen and oxygen atoms in total. The van der Waals surface area contributed by atoms with Gasteiger partial charge in [-0.25, -0.2) is 4.68 Å². The zero-order valence-corrected chi connectivity index (χ0v) is 14.5. The van der Waals surface area contributed by atoms with Crippen LogP contribution in [0.25, 0.3) is 0 Å². The number of hydrogen-bond acceptors (Lipinski definition) is 6. The van der Waals surface area contributed by atoms with Crippen molar-refractivity contribution in [1.82, 2.24) is 19.8 Å². The normalized spacial score (nSPS) is 18.1. The summed E-state index contributed by atoms with van der Waals surface area (Å²) in [6, 6.07) is 1.84. The second kappa shape index (κ2) is 6.64. The van der Waals surface area contributed by atoms with Crippen molar-refractivity contribution < 1.29 is 14.1 Å². The van der Waals surface area contributed by atoms with Crippen molar-refractivity contribution >= 4 is 11.8 Å². The number of amides is 1. The van der Waals surface area contributed by atoms with Gasteiger partial charge < -0.3 is 9.26 Å². The second-order valence-corrected chi connectivity index (χ2v) is 6.14. The fourth-order valence-corrected chi connectivity index (χ4v) is 3.41. The Bertz CT molecular complexity index is 736. The van der Waals surface area contributed by atoms with E-state index in [1.165, 1.54) is 0 Å². The van der Waals surface area contributed by atoms with Gasteiger partial charge in [-0.05, 0) is 33.2 Å². The molecule has 0 aliphatic carbocycles. The fourth-order valence-electron chi connectivity index (χ4n) is 3.41. The summed E-state index contributed by atoms with van der Waals surface area (Å²) >= 11 is 0. The summed E-state index contributed by atoms with van der Waals surface area (Å²) in [5, 5.41) is 11.0. The van der Waals surface area contributed by atoms with E-state index in [2.05, 4.69) is 20.5 Å². The van der Waals surface area contributed by atoms with Gasteiger partial charge in [-0.2, -0.15) is 5.10 Å². The molecule has 1 aliphatic heterocycles. The number of carbonyl (C=O) groups excluding carboxylic acids is 1. The van der Waals surface area contributed by atoms with Crippen molar-refractivity contribution in [1.29, 1.82) is 0 Å². The van der Waals surface area contributed by atoms with Crippen LogP contribution in [0.15, 0.2) is 10.6 Å². The van der Waals surface area contributed by atoms with Crippen LogP contribution in [0, 0.1) is 13.8 Å². The van der Waals surface area contributed by atoms with Gasteiger partial charge in [-0.1, -0.05) is 5.16 Å². The zero-order valence-electron chi connectivity index (χ0n) is 14.5. The van der Waals surface area contributed by atoms with Crippen LogP contribution >= 0.6 is 0 Å². The molecule has 0 radical (unpaired) electrons. The van der Waals surface area contributed by atoms with Crippen LogP contribution in [-0.4, -0.2) is 45.9 Å². The maximum atomic E-state index is 12.3. The highest BCUT2D eigenvalue weighted by Gasteiger charge is 2.33. The fraction of sp³-hybridized carbons (Fsp3) is 0.562. The molecule has 0 bridgehead atoms. The summed E-state index contributed by atoms with van der Waals surface area (Å²) < 4.78 is 12.3. The lowest BCUT2D eigenvalue weighted by atomic mass is 10.1. The van der Waals surface area contributed by atoms with E-state index in [0.717, 1.165) is 42.2 Å². The zero-order chi connectivity index (χ0) is 17.3. The Hall–Kier alpha value is -2.35. The van der Waals surface area contributed by atoms with Crippen LogP contribution in [0.1, 0.15) is 35.8 Å². The molecule has 1 saturated heterocycles. The van der Waals surface area contributed by atoms with E-state index in [4.69, 9.17) is 9.26 Å². The lowest BCUT2D eigenvalue weighted by Gasteiger charge is -2.24. The highest BCUT2D eigenvalue weighted by molar-refractivity contribution is 5.91. The summed E-state index contributed by atoms with van der Waals surface area (Å²) in [6.45, 7) is 4.95. The number of hydrogen-bond donors (Lipinski definition) is 1. The molecule has 0 unspecified atom stereocenters. The third kappa shape index (κ3) is 3.14. The Balaban J connectivity index is 1.73. The van der Waals surface area contributed by atoms with E-state index in [9.17, 15) is 4.79 Å². The number of likely N-dealkylation sites (tertiary alicyclic amines) is 1. The van der Waals surface area contributed by atoms with Crippen LogP contribution in [0.2, 0.25) is 0 Å². The van der Waals surface area contributed by atoms with Gasteiger partial charge in [0.1, 0.15) is 0 Å². The molecule has 1 fully saturated rings. The molecule has 3 rings (SSSR count). The van der Waals surface area contributed by atoms with Crippen LogP contribution in [0.4, 0.5) is 5.88 Å². The van der Waals surface area contributed by atoms with Gasteiger partial charge in [0, 0.05) is 19.2 Å². The Morgan fingerprint density at radius 3 is 2.96 bits per heavy atom. The minimum Gasteiger partial charge on any atom is -0.481 e. The average molecular weight is 333 g/mol. The Morgan fingerprint density at radius 2 is 2.29 bits per heavy atom.